The van der Waals surface area contributed by atoms with Gasteiger partial charge in [-0.2, -0.15) is 0 Å². The van der Waals surface area contributed by atoms with Crippen LogP contribution in [0, 0.1) is 18.3 Å². The van der Waals surface area contributed by atoms with Gasteiger partial charge in [0.15, 0.2) is 0 Å². The fourth-order valence-electron chi connectivity index (χ4n) is 0.999. The Hall–Kier alpha value is -1.30. The fraction of sp³-hybridized carbons (Fsp3) is 0.500. The van der Waals surface area contributed by atoms with Crippen molar-refractivity contribution in [3.8, 4) is 12.3 Å². The topological polar surface area (TPSA) is 43.4 Å². The predicted molar refractivity (Wildman–Crippen MR) is 37.3 cm³/mol. The van der Waals surface area contributed by atoms with Gasteiger partial charge in [0.25, 0.3) is 0 Å². The Bertz CT molecular complexity index is 224. The van der Waals surface area contributed by atoms with E-state index in [1.807, 2.05) is 0 Å². The zero-order valence-electron chi connectivity index (χ0n) is 6.00. The molecule has 0 bridgehead atoms. The minimum Gasteiger partial charge on any atom is -0.393 e. The molecule has 1 rings (SSSR count). The number of rotatable bonds is 2. The first kappa shape index (κ1) is 7.80. The summed E-state index contributed by atoms with van der Waals surface area (Å²) in [6, 6.07) is 0. The monoisotopic (exact) mass is 152 g/mol. The molecular formula is C8H8O3. The zero-order chi connectivity index (χ0) is 8.27. The molecule has 0 saturated carbocycles. The molecule has 0 aromatic heterocycles. The highest BCUT2D eigenvalue weighted by Crippen LogP contribution is 2.20. The standard InChI is InChI=1S/C8H8O3/c1-2-3-4-6-5-7(9)11-8(6)10/h1,6H,3-5H2. The smallest absolute Gasteiger partial charge is 0.317 e. The van der Waals surface area contributed by atoms with E-state index in [2.05, 4.69) is 10.7 Å². The molecule has 0 radical (unpaired) electrons. The second kappa shape index (κ2) is 3.20. The lowest BCUT2D eigenvalue weighted by Gasteiger charge is -1.97. The lowest BCUT2D eigenvalue weighted by atomic mass is 10.0. The van der Waals surface area contributed by atoms with E-state index in [1.165, 1.54) is 0 Å². The van der Waals surface area contributed by atoms with Crippen LogP contribution in [0.25, 0.3) is 0 Å². The van der Waals surface area contributed by atoms with Gasteiger partial charge in [0.05, 0.1) is 12.3 Å². The zero-order valence-corrected chi connectivity index (χ0v) is 6.00. The number of hydrogen-bond acceptors (Lipinski definition) is 3. The lowest BCUT2D eigenvalue weighted by molar-refractivity contribution is -0.153. The van der Waals surface area contributed by atoms with Crippen LogP contribution in [-0.4, -0.2) is 11.9 Å². The Morgan fingerprint density at radius 2 is 2.36 bits per heavy atom. The van der Waals surface area contributed by atoms with Crippen LogP contribution in [0.2, 0.25) is 0 Å². The molecular weight excluding hydrogens is 144 g/mol. The van der Waals surface area contributed by atoms with E-state index in [-0.39, 0.29) is 12.3 Å². The van der Waals surface area contributed by atoms with E-state index >= 15 is 0 Å². The van der Waals surface area contributed by atoms with Crippen LogP contribution in [-0.2, 0) is 14.3 Å². The summed E-state index contributed by atoms with van der Waals surface area (Å²) < 4.78 is 4.32. The van der Waals surface area contributed by atoms with Gasteiger partial charge in [-0.25, -0.2) is 0 Å². The van der Waals surface area contributed by atoms with Gasteiger partial charge in [-0.3, -0.25) is 9.59 Å². The van der Waals surface area contributed by atoms with Crippen molar-refractivity contribution >= 4 is 11.9 Å². The number of esters is 2. The van der Waals surface area contributed by atoms with Crippen molar-refractivity contribution in [1.29, 1.82) is 0 Å². The molecule has 1 saturated heterocycles. The summed E-state index contributed by atoms with van der Waals surface area (Å²) in [4.78, 5) is 21.3. The molecule has 0 aromatic rings. The van der Waals surface area contributed by atoms with Crippen LogP contribution in [0.1, 0.15) is 19.3 Å². The molecule has 1 atom stereocenters. The molecule has 1 heterocycles. The predicted octanol–water partition coefficient (Wildman–Crippen LogP) is 0.489. The molecule has 3 nitrogen and oxygen atoms in total. The first-order valence-electron chi connectivity index (χ1n) is 3.42. The third kappa shape index (κ3) is 1.81. The number of carbonyl (C=O) groups excluding carboxylic acids is 2. The molecule has 3 heteroatoms. The molecule has 1 aliphatic rings. The number of terminal acetylenes is 1. The molecule has 11 heavy (non-hydrogen) atoms. The Balaban J connectivity index is 2.42. The van der Waals surface area contributed by atoms with E-state index in [0.29, 0.717) is 12.8 Å². The summed E-state index contributed by atoms with van der Waals surface area (Å²) in [5.41, 5.74) is 0. The van der Waals surface area contributed by atoms with Gasteiger partial charge in [0, 0.05) is 6.42 Å². The molecule has 0 aromatic carbocycles. The highest BCUT2D eigenvalue weighted by molar-refractivity contribution is 5.94. The highest BCUT2D eigenvalue weighted by atomic mass is 16.6. The molecule has 0 N–H and O–H groups in total. The minimum absolute atomic E-state index is 0.195. The van der Waals surface area contributed by atoms with Crippen LogP contribution in [0.4, 0.5) is 0 Å². The second-order valence-corrected chi connectivity index (χ2v) is 2.44. The molecule has 0 spiro atoms. The van der Waals surface area contributed by atoms with Crippen LogP contribution >= 0.6 is 0 Å². The molecule has 58 valence electrons. The number of carbonyl (C=O) groups is 2. The Morgan fingerprint density at radius 3 is 2.82 bits per heavy atom. The van der Waals surface area contributed by atoms with Crippen molar-refractivity contribution in [2.75, 3.05) is 0 Å². The Labute approximate surface area is 64.7 Å². The van der Waals surface area contributed by atoms with Crippen molar-refractivity contribution < 1.29 is 14.3 Å². The summed E-state index contributed by atoms with van der Waals surface area (Å²) in [6.45, 7) is 0. The molecule has 0 aliphatic carbocycles. The Kier molecular flexibility index (Phi) is 2.27. The largest absolute Gasteiger partial charge is 0.393 e. The molecule has 1 fully saturated rings. The van der Waals surface area contributed by atoms with Crippen LogP contribution in [0.3, 0.4) is 0 Å². The summed E-state index contributed by atoms with van der Waals surface area (Å²) in [5.74, 6) is 1.26. The van der Waals surface area contributed by atoms with Crippen molar-refractivity contribution in [3.05, 3.63) is 0 Å². The summed E-state index contributed by atoms with van der Waals surface area (Å²) in [7, 11) is 0. The lowest BCUT2D eigenvalue weighted by Crippen LogP contribution is -2.06. The number of cyclic esters (lactones) is 2. The third-order valence-electron chi connectivity index (χ3n) is 1.60. The van der Waals surface area contributed by atoms with Crippen molar-refractivity contribution in [2.45, 2.75) is 19.3 Å². The van der Waals surface area contributed by atoms with Crippen LogP contribution in [0.15, 0.2) is 0 Å². The maximum Gasteiger partial charge on any atom is 0.317 e. The van der Waals surface area contributed by atoms with Gasteiger partial charge in [-0.15, -0.1) is 12.3 Å². The van der Waals surface area contributed by atoms with Gasteiger partial charge in [-0.1, -0.05) is 0 Å². The Morgan fingerprint density at radius 1 is 1.64 bits per heavy atom. The first-order valence-corrected chi connectivity index (χ1v) is 3.42. The van der Waals surface area contributed by atoms with E-state index in [4.69, 9.17) is 6.42 Å². The molecule has 0 amide bonds. The molecule has 1 aliphatic heterocycles. The van der Waals surface area contributed by atoms with Crippen molar-refractivity contribution in [1.82, 2.24) is 0 Å². The van der Waals surface area contributed by atoms with Crippen LogP contribution in [0.5, 0.6) is 0 Å². The van der Waals surface area contributed by atoms with E-state index in [0.717, 1.165) is 0 Å². The van der Waals surface area contributed by atoms with Gasteiger partial charge < -0.3 is 4.74 Å². The summed E-state index contributed by atoms with van der Waals surface area (Å²) in [5, 5.41) is 0. The van der Waals surface area contributed by atoms with Gasteiger partial charge >= 0.3 is 11.9 Å². The maximum atomic E-state index is 10.8. The van der Waals surface area contributed by atoms with E-state index in [9.17, 15) is 9.59 Å². The minimum atomic E-state index is -0.433. The number of ether oxygens (including phenoxy) is 1. The first-order chi connectivity index (χ1) is 5.24. The van der Waals surface area contributed by atoms with E-state index in [1.54, 1.807) is 0 Å². The summed E-state index contributed by atoms with van der Waals surface area (Å²) in [6.07, 6.45) is 6.27. The van der Waals surface area contributed by atoms with Gasteiger partial charge in [0.1, 0.15) is 0 Å². The SMILES string of the molecule is C#CCCC1CC(=O)OC1=O. The fourth-order valence-corrected chi connectivity index (χ4v) is 0.999. The summed E-state index contributed by atoms with van der Waals surface area (Å²) >= 11 is 0. The average Bonchev–Trinajstić information content (AvgIpc) is 2.26. The molecule has 1 unspecified atom stereocenters. The van der Waals surface area contributed by atoms with Crippen molar-refractivity contribution in [3.63, 3.8) is 0 Å². The van der Waals surface area contributed by atoms with Gasteiger partial charge in [-0.05, 0) is 6.42 Å². The average molecular weight is 152 g/mol. The van der Waals surface area contributed by atoms with Gasteiger partial charge in [0.2, 0.25) is 0 Å². The van der Waals surface area contributed by atoms with E-state index < -0.39 is 11.9 Å². The van der Waals surface area contributed by atoms with Crippen molar-refractivity contribution in [2.24, 2.45) is 5.92 Å². The third-order valence-corrected chi connectivity index (χ3v) is 1.60. The number of hydrogen-bond donors (Lipinski definition) is 0. The van der Waals surface area contributed by atoms with Crippen LogP contribution < -0.4 is 0 Å². The maximum absolute atomic E-state index is 10.8. The quantitative estimate of drug-likeness (QED) is 0.328. The highest BCUT2D eigenvalue weighted by Gasteiger charge is 2.32. The normalized spacial score (nSPS) is 23.0. The second-order valence-electron chi connectivity index (χ2n) is 2.44.